The van der Waals surface area contributed by atoms with Gasteiger partial charge in [-0.15, -0.1) is 0 Å². The fourth-order valence-electron chi connectivity index (χ4n) is 2.29. The van der Waals surface area contributed by atoms with Crippen LogP contribution < -0.4 is 9.47 Å². The van der Waals surface area contributed by atoms with Crippen LogP contribution in [0.25, 0.3) is 0 Å². The summed E-state index contributed by atoms with van der Waals surface area (Å²) in [6.07, 6.45) is 3.65. The molecule has 1 heterocycles. The average Bonchev–Trinajstić information content (AvgIpc) is 2.47. The van der Waals surface area contributed by atoms with Gasteiger partial charge in [0.2, 0.25) is 0 Å². The number of halogens is 1. The molecule has 19 heavy (non-hydrogen) atoms. The zero-order valence-electron chi connectivity index (χ0n) is 11.2. The summed E-state index contributed by atoms with van der Waals surface area (Å²) in [5.74, 6) is 1.28. The maximum atomic E-state index is 6.30. The second-order valence-corrected chi connectivity index (χ2v) is 5.33. The standard InChI is InChI=1S/C14H18ClNO2S/c1-17-12-8-10(11(15)9-13(12)18-2)14(19)16-6-4-3-5-7-16/h8-9H,3-7H2,1-2H3. The largest absolute Gasteiger partial charge is 0.493 e. The summed E-state index contributed by atoms with van der Waals surface area (Å²) >= 11 is 11.9. The van der Waals surface area contributed by atoms with E-state index >= 15 is 0 Å². The van der Waals surface area contributed by atoms with Gasteiger partial charge in [0.1, 0.15) is 4.99 Å². The number of benzene rings is 1. The lowest BCUT2D eigenvalue weighted by molar-refractivity contribution is 0.346. The van der Waals surface area contributed by atoms with Gasteiger partial charge in [0.15, 0.2) is 11.5 Å². The van der Waals surface area contributed by atoms with Crippen molar-refractivity contribution in [1.29, 1.82) is 0 Å². The highest BCUT2D eigenvalue weighted by Gasteiger charge is 2.19. The number of piperidine rings is 1. The normalized spacial score (nSPS) is 15.2. The number of hydrogen-bond acceptors (Lipinski definition) is 3. The van der Waals surface area contributed by atoms with Crippen LogP contribution in [0, 0.1) is 0 Å². The molecule has 0 spiro atoms. The molecule has 0 bridgehead atoms. The minimum atomic E-state index is 0.605. The highest BCUT2D eigenvalue weighted by atomic mass is 35.5. The van der Waals surface area contributed by atoms with Crippen molar-refractivity contribution < 1.29 is 9.47 Å². The summed E-state index contributed by atoms with van der Waals surface area (Å²) in [4.78, 5) is 3.01. The van der Waals surface area contributed by atoms with E-state index in [-0.39, 0.29) is 0 Å². The average molecular weight is 300 g/mol. The molecule has 0 N–H and O–H groups in total. The Morgan fingerprint density at radius 1 is 1.11 bits per heavy atom. The zero-order valence-corrected chi connectivity index (χ0v) is 12.8. The molecule has 0 saturated carbocycles. The fourth-order valence-corrected chi connectivity index (χ4v) is 2.94. The number of ether oxygens (including phenoxy) is 2. The van der Waals surface area contributed by atoms with E-state index in [0.29, 0.717) is 16.5 Å². The van der Waals surface area contributed by atoms with Crippen molar-refractivity contribution in [1.82, 2.24) is 4.90 Å². The fraction of sp³-hybridized carbons (Fsp3) is 0.500. The SMILES string of the molecule is COc1cc(Cl)c(C(=S)N2CCCCC2)cc1OC. The van der Waals surface area contributed by atoms with Gasteiger partial charge in [-0.2, -0.15) is 0 Å². The van der Waals surface area contributed by atoms with Gasteiger partial charge in [-0.1, -0.05) is 23.8 Å². The molecule has 0 unspecified atom stereocenters. The lowest BCUT2D eigenvalue weighted by Crippen LogP contribution is -2.35. The Morgan fingerprint density at radius 3 is 2.26 bits per heavy atom. The molecule has 1 aliphatic rings. The molecule has 1 aromatic carbocycles. The van der Waals surface area contributed by atoms with Crippen molar-refractivity contribution in [2.75, 3.05) is 27.3 Å². The lowest BCUT2D eigenvalue weighted by atomic mass is 10.1. The van der Waals surface area contributed by atoms with Gasteiger partial charge >= 0.3 is 0 Å². The van der Waals surface area contributed by atoms with Crippen molar-refractivity contribution in [2.24, 2.45) is 0 Å². The van der Waals surface area contributed by atoms with Gasteiger partial charge in [0, 0.05) is 24.7 Å². The second-order valence-electron chi connectivity index (χ2n) is 4.54. The second kappa shape index (κ2) is 6.44. The molecule has 0 atom stereocenters. The molecule has 0 radical (unpaired) electrons. The first-order chi connectivity index (χ1) is 9.17. The van der Waals surface area contributed by atoms with Crippen LogP contribution >= 0.6 is 23.8 Å². The lowest BCUT2D eigenvalue weighted by Gasteiger charge is -2.29. The predicted octanol–water partition coefficient (Wildman–Crippen LogP) is 3.52. The molecule has 1 aliphatic heterocycles. The van der Waals surface area contributed by atoms with E-state index in [2.05, 4.69) is 4.90 Å². The highest BCUT2D eigenvalue weighted by Crippen LogP contribution is 2.34. The van der Waals surface area contributed by atoms with Crippen molar-refractivity contribution in [2.45, 2.75) is 19.3 Å². The van der Waals surface area contributed by atoms with E-state index in [0.717, 1.165) is 23.6 Å². The first-order valence-corrected chi connectivity index (χ1v) is 7.16. The van der Waals surface area contributed by atoms with Crippen LogP contribution in [0.1, 0.15) is 24.8 Å². The van der Waals surface area contributed by atoms with Crippen LogP contribution in [0.4, 0.5) is 0 Å². The van der Waals surface area contributed by atoms with E-state index in [9.17, 15) is 0 Å². The van der Waals surface area contributed by atoms with Crippen LogP contribution in [-0.2, 0) is 0 Å². The third kappa shape index (κ3) is 3.12. The van der Waals surface area contributed by atoms with Crippen LogP contribution in [-0.4, -0.2) is 37.2 Å². The Morgan fingerprint density at radius 2 is 1.68 bits per heavy atom. The molecule has 1 fully saturated rings. The quantitative estimate of drug-likeness (QED) is 0.796. The van der Waals surface area contributed by atoms with Crippen molar-refractivity contribution in [3.63, 3.8) is 0 Å². The smallest absolute Gasteiger partial charge is 0.162 e. The van der Waals surface area contributed by atoms with E-state index in [4.69, 9.17) is 33.3 Å². The summed E-state index contributed by atoms with van der Waals surface area (Å²) in [6, 6.07) is 3.62. The van der Waals surface area contributed by atoms with Gasteiger partial charge < -0.3 is 14.4 Å². The highest BCUT2D eigenvalue weighted by molar-refractivity contribution is 7.80. The minimum absolute atomic E-state index is 0.605. The van der Waals surface area contributed by atoms with Gasteiger partial charge in [0.25, 0.3) is 0 Å². The number of nitrogens with zero attached hydrogens (tertiary/aromatic N) is 1. The summed E-state index contributed by atoms with van der Waals surface area (Å²) < 4.78 is 10.5. The monoisotopic (exact) mass is 299 g/mol. The maximum absolute atomic E-state index is 6.30. The third-order valence-electron chi connectivity index (χ3n) is 3.35. The molecule has 0 amide bonds. The summed E-state index contributed by atoms with van der Waals surface area (Å²) in [5.41, 5.74) is 0.844. The van der Waals surface area contributed by atoms with Crippen molar-refractivity contribution in [3.05, 3.63) is 22.7 Å². The molecule has 3 nitrogen and oxygen atoms in total. The Hall–Kier alpha value is -1.00. The first kappa shape index (κ1) is 14.4. The molecule has 0 aromatic heterocycles. The zero-order chi connectivity index (χ0) is 13.8. The first-order valence-electron chi connectivity index (χ1n) is 6.38. The third-order valence-corrected chi connectivity index (χ3v) is 4.14. The Bertz CT molecular complexity index is 473. The minimum Gasteiger partial charge on any atom is -0.493 e. The van der Waals surface area contributed by atoms with Crippen LogP contribution in [0.15, 0.2) is 12.1 Å². The number of methoxy groups -OCH3 is 2. The van der Waals surface area contributed by atoms with Gasteiger partial charge in [0.05, 0.1) is 19.2 Å². The van der Waals surface area contributed by atoms with E-state index in [1.54, 1.807) is 20.3 Å². The van der Waals surface area contributed by atoms with E-state index < -0.39 is 0 Å². The Balaban J connectivity index is 2.30. The Kier molecular flexibility index (Phi) is 4.88. The van der Waals surface area contributed by atoms with Crippen molar-refractivity contribution in [3.8, 4) is 11.5 Å². The van der Waals surface area contributed by atoms with Gasteiger partial charge in [-0.3, -0.25) is 0 Å². The Labute approximate surface area is 124 Å². The summed E-state index contributed by atoms with van der Waals surface area (Å²) in [6.45, 7) is 2.01. The predicted molar refractivity (Wildman–Crippen MR) is 81.7 cm³/mol. The van der Waals surface area contributed by atoms with Crippen molar-refractivity contribution >= 4 is 28.8 Å². The topological polar surface area (TPSA) is 21.7 Å². The number of likely N-dealkylation sites (tertiary alicyclic amines) is 1. The molecule has 0 aliphatic carbocycles. The molecule has 5 heteroatoms. The molecule has 1 saturated heterocycles. The number of thiocarbonyl (C=S) groups is 1. The van der Waals surface area contributed by atoms with E-state index in [1.165, 1.54) is 19.3 Å². The van der Waals surface area contributed by atoms with Gasteiger partial charge in [-0.05, 0) is 25.3 Å². The molecule has 104 valence electrons. The summed E-state index contributed by atoms with van der Waals surface area (Å²) in [5, 5.41) is 0.605. The van der Waals surface area contributed by atoms with Crippen LogP contribution in [0.5, 0.6) is 11.5 Å². The van der Waals surface area contributed by atoms with Crippen LogP contribution in [0.2, 0.25) is 5.02 Å². The number of hydrogen-bond donors (Lipinski definition) is 0. The molecular formula is C14H18ClNO2S. The molecule has 2 rings (SSSR count). The molecular weight excluding hydrogens is 282 g/mol. The van der Waals surface area contributed by atoms with Crippen LogP contribution in [0.3, 0.4) is 0 Å². The maximum Gasteiger partial charge on any atom is 0.162 e. The number of rotatable bonds is 3. The van der Waals surface area contributed by atoms with E-state index in [1.807, 2.05) is 6.07 Å². The van der Waals surface area contributed by atoms with Gasteiger partial charge in [-0.25, -0.2) is 0 Å². The molecule has 1 aromatic rings. The summed E-state index contributed by atoms with van der Waals surface area (Å²) in [7, 11) is 3.20.